The number of nitrogens with one attached hydrogen (secondary N) is 1. The van der Waals surface area contributed by atoms with Crippen LogP contribution in [-0.2, 0) is 24.4 Å². The maximum absolute atomic E-state index is 11.8. The van der Waals surface area contributed by atoms with E-state index in [2.05, 4.69) is 5.32 Å². The molecule has 19 heavy (non-hydrogen) atoms. The van der Waals surface area contributed by atoms with Crippen LogP contribution in [0.5, 0.6) is 0 Å². The summed E-state index contributed by atoms with van der Waals surface area (Å²) in [7, 11) is 1.50. The lowest BCUT2D eigenvalue weighted by molar-refractivity contribution is -0.128. The van der Waals surface area contributed by atoms with Crippen LogP contribution in [0.4, 0.5) is 5.69 Å². The van der Waals surface area contributed by atoms with Crippen LogP contribution in [-0.4, -0.2) is 33.3 Å². The van der Waals surface area contributed by atoms with Crippen LogP contribution >= 0.6 is 10.7 Å². The molecule has 0 aliphatic carbocycles. The SMILES string of the molecule is O=C1CN(c2ccccc2CS(=O)(=O)Cl)C(=O)CN1. The quantitative estimate of drug-likeness (QED) is 0.810. The second kappa shape index (κ2) is 5.18. The van der Waals surface area contributed by atoms with Crippen molar-refractivity contribution in [2.45, 2.75) is 5.75 Å². The van der Waals surface area contributed by atoms with E-state index < -0.39 is 14.8 Å². The fraction of sp³-hybridized carbons (Fsp3) is 0.273. The van der Waals surface area contributed by atoms with Gasteiger partial charge in [-0.25, -0.2) is 8.42 Å². The summed E-state index contributed by atoms with van der Waals surface area (Å²) in [6.45, 7) is -0.223. The van der Waals surface area contributed by atoms with E-state index in [1.807, 2.05) is 0 Å². The van der Waals surface area contributed by atoms with Crippen molar-refractivity contribution in [3.63, 3.8) is 0 Å². The molecule has 0 unspecified atom stereocenters. The zero-order valence-electron chi connectivity index (χ0n) is 9.80. The normalized spacial score (nSPS) is 16.4. The Labute approximate surface area is 114 Å². The molecule has 1 aliphatic rings. The summed E-state index contributed by atoms with van der Waals surface area (Å²) in [6.07, 6.45) is 0. The third kappa shape index (κ3) is 3.45. The summed E-state index contributed by atoms with van der Waals surface area (Å²) in [5.74, 6) is -0.974. The van der Waals surface area contributed by atoms with E-state index in [1.165, 1.54) is 4.90 Å². The molecule has 1 aromatic rings. The average Bonchev–Trinajstić information content (AvgIpc) is 2.31. The molecular formula is C11H11ClN2O4S. The Balaban J connectivity index is 2.38. The fourth-order valence-corrected chi connectivity index (χ4v) is 2.83. The summed E-state index contributed by atoms with van der Waals surface area (Å²) in [5.41, 5.74) is 0.784. The predicted octanol–water partition coefficient (Wildman–Crippen LogP) is 0.218. The summed E-state index contributed by atoms with van der Waals surface area (Å²) in [6, 6.07) is 6.47. The molecule has 0 saturated carbocycles. The van der Waals surface area contributed by atoms with E-state index in [0.29, 0.717) is 11.3 Å². The zero-order chi connectivity index (χ0) is 14.0. The molecule has 0 radical (unpaired) electrons. The first-order valence-corrected chi connectivity index (χ1v) is 7.92. The first-order chi connectivity index (χ1) is 8.87. The number of carbonyl (C=O) groups is 2. The average molecular weight is 303 g/mol. The molecular weight excluding hydrogens is 292 g/mol. The van der Waals surface area contributed by atoms with E-state index in [4.69, 9.17) is 10.7 Å². The molecule has 1 N–H and O–H groups in total. The fourth-order valence-electron chi connectivity index (χ4n) is 1.86. The monoisotopic (exact) mass is 302 g/mol. The molecule has 2 amide bonds. The number of nitrogens with zero attached hydrogens (tertiary/aromatic N) is 1. The summed E-state index contributed by atoms with van der Waals surface area (Å²) in [5, 5.41) is 2.42. The third-order valence-electron chi connectivity index (χ3n) is 2.65. The Hall–Kier alpha value is -1.60. The van der Waals surface area contributed by atoms with Gasteiger partial charge >= 0.3 is 0 Å². The predicted molar refractivity (Wildman–Crippen MR) is 70.3 cm³/mol. The standard InChI is InChI=1S/C11H11ClN2O4S/c12-19(17,18)7-8-3-1-2-4-9(8)14-6-10(15)13-5-11(14)16/h1-4H,5-7H2,(H,13,15). The van der Waals surface area contributed by atoms with Crippen molar-refractivity contribution in [2.75, 3.05) is 18.0 Å². The van der Waals surface area contributed by atoms with Crippen LogP contribution in [0, 0.1) is 0 Å². The number of rotatable bonds is 3. The van der Waals surface area contributed by atoms with Gasteiger partial charge in [0, 0.05) is 16.4 Å². The summed E-state index contributed by atoms with van der Waals surface area (Å²) < 4.78 is 22.3. The van der Waals surface area contributed by atoms with Crippen molar-refractivity contribution in [2.24, 2.45) is 0 Å². The van der Waals surface area contributed by atoms with Crippen LogP contribution in [0.25, 0.3) is 0 Å². The van der Waals surface area contributed by atoms with E-state index in [1.54, 1.807) is 24.3 Å². The highest BCUT2D eigenvalue weighted by Crippen LogP contribution is 2.24. The van der Waals surface area contributed by atoms with Gasteiger partial charge in [-0.1, -0.05) is 18.2 Å². The second-order valence-corrected chi connectivity index (χ2v) is 6.85. The summed E-state index contributed by atoms with van der Waals surface area (Å²) >= 11 is 0. The molecule has 0 spiro atoms. The molecule has 0 bridgehead atoms. The highest BCUT2D eigenvalue weighted by atomic mass is 35.7. The van der Waals surface area contributed by atoms with E-state index >= 15 is 0 Å². The number of para-hydroxylation sites is 1. The van der Waals surface area contributed by atoms with Crippen LogP contribution in [0.1, 0.15) is 5.56 Å². The Morgan fingerprint density at radius 2 is 1.95 bits per heavy atom. The molecule has 1 aliphatic heterocycles. The Bertz CT molecular complexity index is 629. The van der Waals surface area contributed by atoms with Gasteiger partial charge < -0.3 is 10.2 Å². The minimum Gasteiger partial charge on any atom is -0.345 e. The van der Waals surface area contributed by atoms with Gasteiger partial charge in [0.1, 0.15) is 6.54 Å². The number of anilines is 1. The maximum atomic E-state index is 11.8. The minimum absolute atomic E-state index is 0.0964. The first-order valence-electron chi connectivity index (χ1n) is 5.44. The lowest BCUT2D eigenvalue weighted by Gasteiger charge is -2.28. The third-order valence-corrected chi connectivity index (χ3v) is 3.63. The molecule has 1 aromatic carbocycles. The van der Waals surface area contributed by atoms with Crippen molar-refractivity contribution in [1.82, 2.24) is 5.32 Å². The van der Waals surface area contributed by atoms with E-state index in [9.17, 15) is 18.0 Å². The van der Waals surface area contributed by atoms with Gasteiger partial charge in [0.05, 0.1) is 12.3 Å². The molecule has 6 nitrogen and oxygen atoms in total. The van der Waals surface area contributed by atoms with Gasteiger partial charge in [-0.3, -0.25) is 9.59 Å². The Kier molecular flexibility index (Phi) is 3.77. The van der Waals surface area contributed by atoms with Gasteiger partial charge in [0.2, 0.25) is 20.9 Å². The van der Waals surface area contributed by atoms with Gasteiger partial charge in [0.25, 0.3) is 0 Å². The Morgan fingerprint density at radius 3 is 2.63 bits per heavy atom. The zero-order valence-corrected chi connectivity index (χ0v) is 11.4. The maximum Gasteiger partial charge on any atom is 0.246 e. The first kappa shape index (κ1) is 13.8. The molecule has 8 heteroatoms. The highest BCUT2D eigenvalue weighted by molar-refractivity contribution is 8.13. The lowest BCUT2D eigenvalue weighted by Crippen LogP contribution is -2.52. The van der Waals surface area contributed by atoms with Gasteiger partial charge in [-0.05, 0) is 11.6 Å². The summed E-state index contributed by atoms with van der Waals surface area (Å²) in [4.78, 5) is 24.4. The molecule has 0 atom stereocenters. The van der Waals surface area contributed by atoms with Crippen molar-refractivity contribution in [1.29, 1.82) is 0 Å². The number of hydrogen-bond acceptors (Lipinski definition) is 4. The van der Waals surface area contributed by atoms with Gasteiger partial charge in [0.15, 0.2) is 0 Å². The largest absolute Gasteiger partial charge is 0.345 e. The number of carbonyl (C=O) groups excluding carboxylic acids is 2. The molecule has 0 aromatic heterocycles. The van der Waals surface area contributed by atoms with Crippen LogP contribution in [0.3, 0.4) is 0 Å². The van der Waals surface area contributed by atoms with Gasteiger partial charge in [-0.15, -0.1) is 0 Å². The van der Waals surface area contributed by atoms with E-state index in [0.717, 1.165) is 0 Å². The number of benzene rings is 1. The number of halogens is 1. The second-order valence-electron chi connectivity index (χ2n) is 4.07. The van der Waals surface area contributed by atoms with Gasteiger partial charge in [-0.2, -0.15) is 0 Å². The van der Waals surface area contributed by atoms with Crippen molar-refractivity contribution >= 4 is 37.2 Å². The van der Waals surface area contributed by atoms with Crippen LogP contribution in [0.2, 0.25) is 0 Å². The van der Waals surface area contributed by atoms with Crippen molar-refractivity contribution in [3.8, 4) is 0 Å². The number of hydrogen-bond donors (Lipinski definition) is 1. The molecule has 102 valence electrons. The van der Waals surface area contributed by atoms with Crippen LogP contribution < -0.4 is 10.2 Å². The molecule has 1 saturated heterocycles. The molecule has 1 heterocycles. The smallest absolute Gasteiger partial charge is 0.246 e. The van der Waals surface area contributed by atoms with Crippen molar-refractivity contribution in [3.05, 3.63) is 29.8 Å². The number of piperazine rings is 1. The van der Waals surface area contributed by atoms with Crippen molar-refractivity contribution < 1.29 is 18.0 Å². The topological polar surface area (TPSA) is 83.6 Å². The van der Waals surface area contributed by atoms with Crippen LogP contribution in [0.15, 0.2) is 24.3 Å². The Morgan fingerprint density at radius 1 is 1.26 bits per heavy atom. The lowest BCUT2D eigenvalue weighted by atomic mass is 10.1. The highest BCUT2D eigenvalue weighted by Gasteiger charge is 2.26. The van der Waals surface area contributed by atoms with E-state index in [-0.39, 0.29) is 24.9 Å². The molecule has 1 fully saturated rings. The minimum atomic E-state index is -3.74. The molecule has 2 rings (SSSR count). The number of amides is 2.